The van der Waals surface area contributed by atoms with Gasteiger partial charge >= 0.3 is 5.97 Å². The summed E-state index contributed by atoms with van der Waals surface area (Å²) < 4.78 is 0. The van der Waals surface area contributed by atoms with Gasteiger partial charge in [-0.05, 0) is 31.8 Å². The van der Waals surface area contributed by atoms with E-state index in [0.29, 0.717) is 19.3 Å². The minimum absolute atomic E-state index is 0.196. The summed E-state index contributed by atoms with van der Waals surface area (Å²) in [5.74, 6) is -1.15. The molecule has 0 aliphatic rings. The van der Waals surface area contributed by atoms with E-state index in [1.165, 1.54) is 12.2 Å². The van der Waals surface area contributed by atoms with Crippen LogP contribution in [-0.2, 0) is 9.59 Å². The van der Waals surface area contributed by atoms with Gasteiger partial charge in [0, 0.05) is 6.42 Å². The molecule has 0 radical (unpaired) electrons. The van der Waals surface area contributed by atoms with E-state index in [-0.39, 0.29) is 12.2 Å². The zero-order chi connectivity index (χ0) is 17.5. The standard InChI is InChI=1S/C18H30O5/c1-2-3-7-10-15(19)13-14-17(21)16(20)11-8-5-4-6-9-12-18(22)23/h3,7,13-16,19-20H,2,4-6,8-12H2,1H3,(H,22,23)/b7-3-,14-13+/t15-,16-/m0/s1. The molecule has 0 saturated carbocycles. The number of carbonyl (C=O) groups excluding carboxylic acids is 1. The zero-order valence-electron chi connectivity index (χ0n) is 14.0. The van der Waals surface area contributed by atoms with Crippen LogP contribution in [-0.4, -0.2) is 39.3 Å². The lowest BCUT2D eigenvalue weighted by atomic mass is 10.0. The van der Waals surface area contributed by atoms with Gasteiger partial charge in [0.25, 0.3) is 0 Å². The van der Waals surface area contributed by atoms with Crippen LogP contribution < -0.4 is 0 Å². The molecule has 0 aromatic heterocycles. The van der Waals surface area contributed by atoms with E-state index in [1.807, 2.05) is 19.1 Å². The average molecular weight is 326 g/mol. The van der Waals surface area contributed by atoms with Gasteiger partial charge in [-0.3, -0.25) is 9.59 Å². The van der Waals surface area contributed by atoms with E-state index in [1.54, 1.807) is 0 Å². The van der Waals surface area contributed by atoms with Crippen LogP contribution in [0, 0.1) is 0 Å². The maximum Gasteiger partial charge on any atom is 0.303 e. The molecule has 0 rings (SSSR count). The highest BCUT2D eigenvalue weighted by Gasteiger charge is 2.11. The summed E-state index contributed by atoms with van der Waals surface area (Å²) in [6.07, 6.45) is 10.7. The Morgan fingerprint density at radius 1 is 1.00 bits per heavy atom. The lowest BCUT2D eigenvalue weighted by Crippen LogP contribution is -2.18. The highest BCUT2D eigenvalue weighted by atomic mass is 16.4. The highest BCUT2D eigenvalue weighted by Crippen LogP contribution is 2.10. The number of carbonyl (C=O) groups is 2. The predicted octanol–water partition coefficient (Wildman–Crippen LogP) is 3.01. The van der Waals surface area contributed by atoms with E-state index >= 15 is 0 Å². The van der Waals surface area contributed by atoms with Gasteiger partial charge in [0.1, 0.15) is 6.10 Å². The van der Waals surface area contributed by atoms with Gasteiger partial charge in [0.05, 0.1) is 6.10 Å². The van der Waals surface area contributed by atoms with Gasteiger partial charge in [-0.1, -0.05) is 50.8 Å². The first-order chi connectivity index (χ1) is 11.0. The maximum atomic E-state index is 11.7. The third-order valence-corrected chi connectivity index (χ3v) is 3.46. The van der Waals surface area contributed by atoms with Crippen molar-refractivity contribution in [1.82, 2.24) is 0 Å². The van der Waals surface area contributed by atoms with Crippen molar-refractivity contribution < 1.29 is 24.9 Å². The van der Waals surface area contributed by atoms with Gasteiger partial charge in [-0.25, -0.2) is 0 Å². The van der Waals surface area contributed by atoms with Crippen molar-refractivity contribution in [3.05, 3.63) is 24.3 Å². The molecular weight excluding hydrogens is 296 g/mol. The largest absolute Gasteiger partial charge is 0.481 e. The normalized spacial score (nSPS) is 14.4. The summed E-state index contributed by atoms with van der Waals surface area (Å²) in [4.78, 5) is 22.0. The molecule has 0 unspecified atom stereocenters. The van der Waals surface area contributed by atoms with E-state index < -0.39 is 18.2 Å². The molecule has 0 spiro atoms. The Morgan fingerprint density at radius 3 is 2.30 bits per heavy atom. The smallest absolute Gasteiger partial charge is 0.303 e. The number of hydrogen-bond donors (Lipinski definition) is 3. The molecule has 0 saturated heterocycles. The van der Waals surface area contributed by atoms with Crippen molar-refractivity contribution >= 4 is 11.8 Å². The number of aliphatic hydroxyl groups is 2. The van der Waals surface area contributed by atoms with Crippen molar-refractivity contribution in [2.24, 2.45) is 0 Å². The van der Waals surface area contributed by atoms with Crippen LogP contribution in [0.25, 0.3) is 0 Å². The quantitative estimate of drug-likeness (QED) is 0.259. The fourth-order valence-electron chi connectivity index (χ4n) is 2.08. The molecule has 0 bridgehead atoms. The topological polar surface area (TPSA) is 94.8 Å². The number of unbranched alkanes of at least 4 members (excludes halogenated alkanes) is 4. The number of allylic oxidation sites excluding steroid dienone is 1. The van der Waals surface area contributed by atoms with Crippen molar-refractivity contribution in [2.45, 2.75) is 76.9 Å². The lowest BCUT2D eigenvalue weighted by Gasteiger charge is -2.07. The molecular formula is C18H30O5. The van der Waals surface area contributed by atoms with E-state index in [4.69, 9.17) is 5.11 Å². The van der Waals surface area contributed by atoms with Crippen LogP contribution in [0.15, 0.2) is 24.3 Å². The Hall–Kier alpha value is -1.46. The van der Waals surface area contributed by atoms with Crippen molar-refractivity contribution in [3.63, 3.8) is 0 Å². The van der Waals surface area contributed by atoms with Crippen molar-refractivity contribution in [2.75, 3.05) is 0 Å². The number of aliphatic hydroxyl groups excluding tert-OH is 2. The lowest BCUT2D eigenvalue weighted by molar-refractivity contribution is -0.137. The van der Waals surface area contributed by atoms with E-state index in [0.717, 1.165) is 32.1 Å². The molecule has 0 aliphatic heterocycles. The summed E-state index contributed by atoms with van der Waals surface area (Å²) >= 11 is 0. The Labute approximate surface area is 138 Å². The van der Waals surface area contributed by atoms with Gasteiger partial charge in [-0.15, -0.1) is 0 Å². The van der Waals surface area contributed by atoms with Crippen LogP contribution in [0.3, 0.4) is 0 Å². The third kappa shape index (κ3) is 13.9. The minimum atomic E-state index is -1.02. The Kier molecular flexibility index (Phi) is 13.3. The Balaban J connectivity index is 3.76. The van der Waals surface area contributed by atoms with Crippen LogP contribution >= 0.6 is 0 Å². The third-order valence-electron chi connectivity index (χ3n) is 3.46. The van der Waals surface area contributed by atoms with Crippen LogP contribution in [0.1, 0.15) is 64.7 Å². The zero-order valence-corrected chi connectivity index (χ0v) is 14.0. The molecule has 132 valence electrons. The molecule has 3 N–H and O–H groups in total. The first kappa shape index (κ1) is 21.5. The molecule has 5 nitrogen and oxygen atoms in total. The van der Waals surface area contributed by atoms with Crippen LogP contribution in [0.2, 0.25) is 0 Å². The second-order valence-electron chi connectivity index (χ2n) is 5.66. The van der Waals surface area contributed by atoms with Gasteiger partial charge in [0.15, 0.2) is 5.78 Å². The molecule has 0 amide bonds. The Bertz CT molecular complexity index is 387. The van der Waals surface area contributed by atoms with Gasteiger partial charge < -0.3 is 15.3 Å². The maximum absolute atomic E-state index is 11.7. The number of rotatable bonds is 14. The number of carboxylic acids is 1. The molecule has 23 heavy (non-hydrogen) atoms. The van der Waals surface area contributed by atoms with E-state index in [9.17, 15) is 19.8 Å². The fraction of sp³-hybridized carbons (Fsp3) is 0.667. The molecule has 5 heteroatoms. The monoisotopic (exact) mass is 326 g/mol. The second kappa shape index (κ2) is 14.2. The average Bonchev–Trinajstić information content (AvgIpc) is 2.51. The van der Waals surface area contributed by atoms with Gasteiger partial charge in [-0.2, -0.15) is 0 Å². The summed E-state index contributed by atoms with van der Waals surface area (Å²) in [7, 11) is 0. The molecule has 0 aromatic carbocycles. The van der Waals surface area contributed by atoms with Gasteiger partial charge in [0.2, 0.25) is 0 Å². The summed E-state index contributed by atoms with van der Waals surface area (Å²) in [5, 5.41) is 27.9. The first-order valence-electron chi connectivity index (χ1n) is 8.42. The summed E-state index contributed by atoms with van der Waals surface area (Å²) in [6.45, 7) is 2.00. The number of carboxylic acid groups (broad SMARTS) is 1. The molecule has 0 heterocycles. The summed E-state index contributed by atoms with van der Waals surface area (Å²) in [6, 6.07) is 0. The van der Waals surface area contributed by atoms with Crippen molar-refractivity contribution in [1.29, 1.82) is 0 Å². The Morgan fingerprint density at radius 2 is 1.65 bits per heavy atom. The molecule has 0 aromatic rings. The first-order valence-corrected chi connectivity index (χ1v) is 8.42. The molecule has 0 fully saturated rings. The summed E-state index contributed by atoms with van der Waals surface area (Å²) in [5.41, 5.74) is 0. The fourth-order valence-corrected chi connectivity index (χ4v) is 2.08. The minimum Gasteiger partial charge on any atom is -0.481 e. The molecule has 0 aliphatic carbocycles. The highest BCUT2D eigenvalue weighted by molar-refractivity contribution is 5.93. The van der Waals surface area contributed by atoms with Crippen molar-refractivity contribution in [3.8, 4) is 0 Å². The second-order valence-corrected chi connectivity index (χ2v) is 5.66. The van der Waals surface area contributed by atoms with Crippen LogP contribution in [0.4, 0.5) is 0 Å². The number of ketones is 1. The molecule has 2 atom stereocenters. The predicted molar refractivity (Wildman–Crippen MR) is 90.2 cm³/mol. The SMILES string of the molecule is CC/C=C\C[C@H](O)/C=C/C(=O)[C@@H](O)CCCCCCCC(=O)O. The van der Waals surface area contributed by atoms with Crippen LogP contribution in [0.5, 0.6) is 0 Å². The van der Waals surface area contributed by atoms with E-state index in [2.05, 4.69) is 0 Å². The number of aliphatic carboxylic acids is 1. The number of hydrogen-bond acceptors (Lipinski definition) is 4.